The van der Waals surface area contributed by atoms with E-state index >= 15 is 0 Å². The van der Waals surface area contributed by atoms with Crippen LogP contribution in [0.4, 0.5) is 4.39 Å². The Morgan fingerprint density at radius 3 is 2.80 bits per heavy atom. The van der Waals surface area contributed by atoms with Crippen LogP contribution in [-0.4, -0.2) is 13.1 Å². The van der Waals surface area contributed by atoms with Crippen LogP contribution in [0.15, 0.2) is 18.2 Å². The summed E-state index contributed by atoms with van der Waals surface area (Å²) in [6, 6.07) is 4.90. The highest BCUT2D eigenvalue weighted by molar-refractivity contribution is 6.30. The van der Waals surface area contributed by atoms with Crippen molar-refractivity contribution in [3.8, 4) is 0 Å². The molecular formula is C17H25ClFN. The standard InChI is InChI=1S/C17H25ClFN/c1-2-9-20-12-15(13-5-3-4-6-13)10-14-11-16(18)7-8-17(14)19/h7-8,11,13,15,20H,2-6,9-10,12H2,1H3. The molecule has 0 spiro atoms. The smallest absolute Gasteiger partial charge is 0.126 e. The monoisotopic (exact) mass is 297 g/mol. The summed E-state index contributed by atoms with van der Waals surface area (Å²) < 4.78 is 13.9. The molecule has 1 atom stereocenters. The molecule has 0 amide bonds. The van der Waals surface area contributed by atoms with Crippen LogP contribution in [0.1, 0.15) is 44.6 Å². The van der Waals surface area contributed by atoms with Gasteiger partial charge in [0.25, 0.3) is 0 Å². The molecule has 112 valence electrons. The number of rotatable bonds is 7. The second-order valence-electron chi connectivity index (χ2n) is 5.95. The highest BCUT2D eigenvalue weighted by Crippen LogP contribution is 2.33. The molecule has 0 heterocycles. The maximum Gasteiger partial charge on any atom is 0.126 e. The lowest BCUT2D eigenvalue weighted by Gasteiger charge is -2.24. The second kappa shape index (κ2) is 7.99. The number of benzene rings is 1. The molecule has 1 aliphatic rings. The minimum absolute atomic E-state index is 0.118. The minimum atomic E-state index is -0.118. The van der Waals surface area contributed by atoms with Gasteiger partial charge in [0.05, 0.1) is 0 Å². The Balaban J connectivity index is 2.03. The van der Waals surface area contributed by atoms with E-state index in [2.05, 4.69) is 12.2 Å². The van der Waals surface area contributed by atoms with Crippen molar-refractivity contribution in [2.75, 3.05) is 13.1 Å². The summed E-state index contributed by atoms with van der Waals surface area (Å²) in [5.41, 5.74) is 0.771. The molecule has 2 rings (SSSR count). The summed E-state index contributed by atoms with van der Waals surface area (Å²) >= 11 is 6.00. The summed E-state index contributed by atoms with van der Waals surface area (Å²) in [6.45, 7) is 4.21. The van der Waals surface area contributed by atoms with Crippen molar-refractivity contribution in [3.05, 3.63) is 34.6 Å². The quantitative estimate of drug-likeness (QED) is 0.711. The Kier molecular flexibility index (Phi) is 6.31. The molecule has 1 unspecified atom stereocenters. The normalized spacial score (nSPS) is 17.6. The molecule has 1 nitrogen and oxygen atoms in total. The van der Waals surface area contributed by atoms with Gasteiger partial charge < -0.3 is 5.32 Å². The summed E-state index contributed by atoms with van der Waals surface area (Å²) in [4.78, 5) is 0. The van der Waals surface area contributed by atoms with Gasteiger partial charge in [0, 0.05) is 5.02 Å². The zero-order chi connectivity index (χ0) is 14.4. The number of halogens is 2. The highest BCUT2D eigenvalue weighted by Gasteiger charge is 2.25. The fraction of sp³-hybridized carbons (Fsp3) is 0.647. The highest BCUT2D eigenvalue weighted by atomic mass is 35.5. The van der Waals surface area contributed by atoms with Crippen LogP contribution >= 0.6 is 11.6 Å². The molecule has 0 saturated heterocycles. The van der Waals surface area contributed by atoms with Crippen LogP contribution in [0.25, 0.3) is 0 Å². The molecule has 1 aromatic carbocycles. The molecule has 1 aliphatic carbocycles. The third-order valence-electron chi connectivity index (χ3n) is 4.39. The molecular weight excluding hydrogens is 273 g/mol. The summed E-state index contributed by atoms with van der Waals surface area (Å²) in [5.74, 6) is 1.14. The minimum Gasteiger partial charge on any atom is -0.316 e. The Labute approximate surface area is 126 Å². The lowest BCUT2D eigenvalue weighted by atomic mass is 9.85. The van der Waals surface area contributed by atoms with Crippen LogP contribution in [0.5, 0.6) is 0 Å². The van der Waals surface area contributed by atoms with Crippen molar-refractivity contribution in [2.45, 2.75) is 45.4 Å². The van der Waals surface area contributed by atoms with Crippen molar-refractivity contribution in [1.82, 2.24) is 5.32 Å². The maximum atomic E-state index is 13.9. The molecule has 1 aromatic rings. The van der Waals surface area contributed by atoms with Gasteiger partial charge in [-0.3, -0.25) is 0 Å². The van der Waals surface area contributed by atoms with E-state index < -0.39 is 0 Å². The molecule has 0 bridgehead atoms. The van der Waals surface area contributed by atoms with Gasteiger partial charge in [-0.25, -0.2) is 4.39 Å². The second-order valence-corrected chi connectivity index (χ2v) is 6.39. The largest absolute Gasteiger partial charge is 0.316 e. The lowest BCUT2D eigenvalue weighted by Crippen LogP contribution is -2.29. The Morgan fingerprint density at radius 2 is 2.10 bits per heavy atom. The van der Waals surface area contributed by atoms with Crippen molar-refractivity contribution < 1.29 is 4.39 Å². The van der Waals surface area contributed by atoms with E-state index in [0.717, 1.165) is 37.4 Å². The molecule has 0 aliphatic heterocycles. The van der Waals surface area contributed by atoms with Gasteiger partial charge in [-0.15, -0.1) is 0 Å². The fourth-order valence-corrected chi connectivity index (χ4v) is 3.48. The van der Waals surface area contributed by atoms with E-state index in [9.17, 15) is 4.39 Å². The molecule has 0 aromatic heterocycles. The van der Waals surface area contributed by atoms with Gasteiger partial charge >= 0.3 is 0 Å². The van der Waals surface area contributed by atoms with E-state index in [1.807, 2.05) is 0 Å². The van der Waals surface area contributed by atoms with Gasteiger partial charge in [-0.2, -0.15) is 0 Å². The van der Waals surface area contributed by atoms with Crippen molar-refractivity contribution in [1.29, 1.82) is 0 Å². The molecule has 1 fully saturated rings. The van der Waals surface area contributed by atoms with Gasteiger partial charge in [0.15, 0.2) is 0 Å². The van der Waals surface area contributed by atoms with Gasteiger partial charge in [0.1, 0.15) is 5.82 Å². The summed E-state index contributed by atoms with van der Waals surface area (Å²) in [5, 5.41) is 4.14. The number of hydrogen-bond acceptors (Lipinski definition) is 1. The van der Waals surface area contributed by atoms with Crippen LogP contribution in [0, 0.1) is 17.7 Å². The third kappa shape index (κ3) is 4.46. The maximum absolute atomic E-state index is 13.9. The van der Waals surface area contributed by atoms with E-state index in [1.165, 1.54) is 31.7 Å². The molecule has 1 saturated carbocycles. The Morgan fingerprint density at radius 1 is 1.35 bits per heavy atom. The Hall–Kier alpha value is -0.600. The van der Waals surface area contributed by atoms with Crippen LogP contribution in [0.3, 0.4) is 0 Å². The topological polar surface area (TPSA) is 12.0 Å². The predicted octanol–water partition coefficient (Wildman–Crippen LogP) is 4.83. The third-order valence-corrected chi connectivity index (χ3v) is 4.62. The molecule has 1 N–H and O–H groups in total. The zero-order valence-electron chi connectivity index (χ0n) is 12.3. The SMILES string of the molecule is CCCNCC(Cc1cc(Cl)ccc1F)C1CCCC1. The summed E-state index contributed by atoms with van der Waals surface area (Å²) in [7, 11) is 0. The van der Waals surface area contributed by atoms with Crippen LogP contribution in [0.2, 0.25) is 5.02 Å². The van der Waals surface area contributed by atoms with Crippen molar-refractivity contribution in [2.24, 2.45) is 11.8 Å². The van der Waals surface area contributed by atoms with E-state index in [-0.39, 0.29) is 5.82 Å². The number of nitrogens with one attached hydrogen (secondary N) is 1. The Bertz CT molecular complexity index is 415. The first-order chi connectivity index (χ1) is 9.70. The van der Waals surface area contributed by atoms with Crippen LogP contribution < -0.4 is 5.32 Å². The first kappa shape index (κ1) is 15.8. The lowest BCUT2D eigenvalue weighted by molar-refractivity contribution is 0.318. The van der Waals surface area contributed by atoms with Crippen molar-refractivity contribution >= 4 is 11.6 Å². The summed E-state index contributed by atoms with van der Waals surface area (Å²) in [6.07, 6.45) is 7.18. The fourth-order valence-electron chi connectivity index (χ4n) is 3.28. The molecule has 20 heavy (non-hydrogen) atoms. The first-order valence-corrected chi connectivity index (χ1v) is 8.23. The van der Waals surface area contributed by atoms with Crippen LogP contribution in [-0.2, 0) is 6.42 Å². The predicted molar refractivity (Wildman–Crippen MR) is 83.7 cm³/mol. The van der Waals surface area contributed by atoms with Crippen molar-refractivity contribution in [3.63, 3.8) is 0 Å². The van der Waals surface area contributed by atoms with E-state index in [4.69, 9.17) is 11.6 Å². The molecule has 0 radical (unpaired) electrons. The first-order valence-electron chi connectivity index (χ1n) is 7.85. The van der Waals surface area contributed by atoms with Gasteiger partial charge in [0.2, 0.25) is 0 Å². The van der Waals surface area contributed by atoms with Gasteiger partial charge in [-0.05, 0) is 61.5 Å². The average Bonchev–Trinajstić information content (AvgIpc) is 2.96. The van der Waals surface area contributed by atoms with E-state index in [0.29, 0.717) is 10.9 Å². The molecule has 3 heteroatoms. The average molecular weight is 298 g/mol. The zero-order valence-corrected chi connectivity index (χ0v) is 13.1. The van der Waals surface area contributed by atoms with Gasteiger partial charge in [-0.1, -0.05) is 44.2 Å². The van der Waals surface area contributed by atoms with E-state index in [1.54, 1.807) is 12.1 Å². The number of hydrogen-bond donors (Lipinski definition) is 1.